The smallest absolute Gasteiger partial charge is 0.129 e. The molecule has 2 rings (SSSR count). The standard InChI is InChI=1S/C13H19ClN2O/c1-10-11(8-14)4-5-12(15-10)16-6-7-17-9-13(16,2)3/h4-5H,6-9H2,1-3H3. The van der Waals surface area contributed by atoms with E-state index in [1.54, 1.807) is 0 Å². The predicted octanol–water partition coefficient (Wildman–Crippen LogP) is 2.74. The van der Waals surface area contributed by atoms with Crippen LogP contribution in [0.4, 0.5) is 5.82 Å². The van der Waals surface area contributed by atoms with Crippen LogP contribution >= 0.6 is 11.6 Å². The average Bonchev–Trinajstić information content (AvgIpc) is 2.28. The summed E-state index contributed by atoms with van der Waals surface area (Å²) in [7, 11) is 0. The van der Waals surface area contributed by atoms with E-state index in [0.29, 0.717) is 5.88 Å². The predicted molar refractivity (Wildman–Crippen MR) is 70.8 cm³/mol. The number of hydrogen-bond acceptors (Lipinski definition) is 3. The van der Waals surface area contributed by atoms with Crippen molar-refractivity contribution in [2.24, 2.45) is 0 Å². The first kappa shape index (κ1) is 12.7. The van der Waals surface area contributed by atoms with Gasteiger partial charge < -0.3 is 9.64 Å². The van der Waals surface area contributed by atoms with Gasteiger partial charge in [0.1, 0.15) is 5.82 Å². The van der Waals surface area contributed by atoms with Gasteiger partial charge in [-0.15, -0.1) is 11.6 Å². The molecule has 3 nitrogen and oxygen atoms in total. The maximum absolute atomic E-state index is 5.85. The number of aromatic nitrogens is 1. The molecule has 0 amide bonds. The van der Waals surface area contributed by atoms with Gasteiger partial charge in [-0.05, 0) is 32.4 Å². The van der Waals surface area contributed by atoms with Crippen LogP contribution in [0.2, 0.25) is 0 Å². The molecular formula is C13H19ClN2O. The van der Waals surface area contributed by atoms with Gasteiger partial charge >= 0.3 is 0 Å². The summed E-state index contributed by atoms with van der Waals surface area (Å²) in [5.74, 6) is 1.54. The molecule has 1 aliphatic rings. The van der Waals surface area contributed by atoms with Crippen LogP contribution in [0.3, 0.4) is 0 Å². The van der Waals surface area contributed by atoms with E-state index >= 15 is 0 Å². The van der Waals surface area contributed by atoms with Crippen LogP contribution in [-0.4, -0.2) is 30.3 Å². The van der Waals surface area contributed by atoms with E-state index in [2.05, 4.69) is 35.9 Å². The molecule has 0 unspecified atom stereocenters. The van der Waals surface area contributed by atoms with Gasteiger partial charge in [-0.3, -0.25) is 0 Å². The number of aryl methyl sites for hydroxylation is 1. The first-order valence-corrected chi connectivity index (χ1v) is 6.46. The van der Waals surface area contributed by atoms with Crippen LogP contribution in [0.1, 0.15) is 25.1 Å². The largest absolute Gasteiger partial charge is 0.377 e. The second kappa shape index (κ2) is 4.83. The summed E-state index contributed by atoms with van der Waals surface area (Å²) in [4.78, 5) is 6.96. The molecule has 1 saturated heterocycles. The van der Waals surface area contributed by atoms with Gasteiger partial charge in [0.05, 0.1) is 18.8 Å². The Balaban J connectivity index is 2.30. The number of morpholine rings is 1. The zero-order valence-electron chi connectivity index (χ0n) is 10.7. The number of halogens is 1. The Labute approximate surface area is 108 Å². The Morgan fingerprint density at radius 2 is 2.24 bits per heavy atom. The van der Waals surface area contributed by atoms with E-state index in [1.807, 2.05) is 6.92 Å². The van der Waals surface area contributed by atoms with Gasteiger partial charge in [-0.2, -0.15) is 0 Å². The fraction of sp³-hybridized carbons (Fsp3) is 0.615. The van der Waals surface area contributed by atoms with E-state index in [0.717, 1.165) is 36.8 Å². The summed E-state index contributed by atoms with van der Waals surface area (Å²) in [5.41, 5.74) is 2.11. The summed E-state index contributed by atoms with van der Waals surface area (Å²) < 4.78 is 5.52. The summed E-state index contributed by atoms with van der Waals surface area (Å²) in [6.45, 7) is 8.76. The second-order valence-corrected chi connectivity index (χ2v) is 5.33. The fourth-order valence-electron chi connectivity index (χ4n) is 2.15. The van der Waals surface area contributed by atoms with Crippen LogP contribution in [0.25, 0.3) is 0 Å². The Kier molecular flexibility index (Phi) is 3.59. The highest BCUT2D eigenvalue weighted by atomic mass is 35.5. The number of hydrogen-bond donors (Lipinski definition) is 0. The van der Waals surface area contributed by atoms with Crippen molar-refractivity contribution in [3.8, 4) is 0 Å². The van der Waals surface area contributed by atoms with Crippen LogP contribution in [0, 0.1) is 6.92 Å². The fourth-order valence-corrected chi connectivity index (χ4v) is 2.43. The molecular weight excluding hydrogens is 236 g/mol. The number of alkyl halides is 1. The lowest BCUT2D eigenvalue weighted by Crippen LogP contribution is -2.53. The first-order valence-electron chi connectivity index (χ1n) is 5.92. The number of anilines is 1. The lowest BCUT2D eigenvalue weighted by Gasteiger charge is -2.43. The quantitative estimate of drug-likeness (QED) is 0.759. The van der Waals surface area contributed by atoms with Crippen LogP contribution in [0.5, 0.6) is 0 Å². The minimum Gasteiger partial charge on any atom is -0.377 e. The zero-order valence-corrected chi connectivity index (χ0v) is 11.4. The second-order valence-electron chi connectivity index (χ2n) is 5.06. The maximum Gasteiger partial charge on any atom is 0.129 e. The van der Waals surface area contributed by atoms with Crippen molar-refractivity contribution < 1.29 is 4.74 Å². The summed E-state index contributed by atoms with van der Waals surface area (Å²) >= 11 is 5.85. The topological polar surface area (TPSA) is 25.4 Å². The van der Waals surface area contributed by atoms with Crippen LogP contribution in [0.15, 0.2) is 12.1 Å². The SMILES string of the molecule is Cc1nc(N2CCOCC2(C)C)ccc1CCl. The molecule has 17 heavy (non-hydrogen) atoms. The molecule has 1 fully saturated rings. The monoisotopic (exact) mass is 254 g/mol. The molecule has 0 N–H and O–H groups in total. The Morgan fingerprint density at radius 3 is 2.82 bits per heavy atom. The van der Waals surface area contributed by atoms with Crippen molar-refractivity contribution in [1.29, 1.82) is 0 Å². The number of rotatable bonds is 2. The maximum atomic E-state index is 5.85. The molecule has 1 aromatic rings. The van der Waals surface area contributed by atoms with Gasteiger partial charge in [0.15, 0.2) is 0 Å². The summed E-state index contributed by atoms with van der Waals surface area (Å²) in [5, 5.41) is 0. The van der Waals surface area contributed by atoms with Crippen molar-refractivity contribution >= 4 is 17.4 Å². The molecule has 0 aliphatic carbocycles. The summed E-state index contributed by atoms with van der Waals surface area (Å²) in [6.07, 6.45) is 0. The van der Waals surface area contributed by atoms with E-state index < -0.39 is 0 Å². The average molecular weight is 255 g/mol. The molecule has 4 heteroatoms. The third-order valence-corrected chi connectivity index (χ3v) is 3.53. The van der Waals surface area contributed by atoms with Crippen molar-refractivity contribution in [3.63, 3.8) is 0 Å². The van der Waals surface area contributed by atoms with Crippen molar-refractivity contribution in [3.05, 3.63) is 23.4 Å². The molecule has 94 valence electrons. The third kappa shape index (κ3) is 2.55. The molecule has 0 saturated carbocycles. The highest BCUT2D eigenvalue weighted by Crippen LogP contribution is 2.26. The van der Waals surface area contributed by atoms with E-state index in [1.165, 1.54) is 0 Å². The zero-order chi connectivity index (χ0) is 12.5. The Morgan fingerprint density at radius 1 is 1.47 bits per heavy atom. The first-order chi connectivity index (χ1) is 8.04. The van der Waals surface area contributed by atoms with Crippen molar-refractivity contribution in [1.82, 2.24) is 4.98 Å². The van der Waals surface area contributed by atoms with Gasteiger partial charge in [-0.25, -0.2) is 4.98 Å². The lowest BCUT2D eigenvalue weighted by atomic mass is 10.0. The lowest BCUT2D eigenvalue weighted by molar-refractivity contribution is 0.0639. The van der Waals surface area contributed by atoms with Gasteiger partial charge in [0, 0.05) is 18.1 Å². The van der Waals surface area contributed by atoms with Crippen LogP contribution in [-0.2, 0) is 10.6 Å². The molecule has 0 atom stereocenters. The molecule has 0 radical (unpaired) electrons. The molecule has 2 heterocycles. The van der Waals surface area contributed by atoms with Gasteiger partial charge in [0.2, 0.25) is 0 Å². The number of nitrogens with zero attached hydrogens (tertiary/aromatic N) is 2. The minimum atomic E-state index is 0.000170. The van der Waals surface area contributed by atoms with Crippen molar-refractivity contribution in [2.75, 3.05) is 24.7 Å². The van der Waals surface area contributed by atoms with Crippen molar-refractivity contribution in [2.45, 2.75) is 32.2 Å². The highest BCUT2D eigenvalue weighted by molar-refractivity contribution is 6.17. The van der Waals surface area contributed by atoms with E-state index in [9.17, 15) is 0 Å². The van der Waals surface area contributed by atoms with Crippen LogP contribution < -0.4 is 4.90 Å². The van der Waals surface area contributed by atoms with Gasteiger partial charge in [0.25, 0.3) is 0 Å². The summed E-state index contributed by atoms with van der Waals surface area (Å²) in [6, 6.07) is 4.12. The molecule has 1 aromatic heterocycles. The molecule has 0 aromatic carbocycles. The Bertz CT molecular complexity index is 406. The molecule has 0 bridgehead atoms. The van der Waals surface area contributed by atoms with E-state index in [4.69, 9.17) is 16.3 Å². The highest BCUT2D eigenvalue weighted by Gasteiger charge is 2.31. The Hall–Kier alpha value is -0.800. The van der Waals surface area contributed by atoms with E-state index in [-0.39, 0.29) is 5.54 Å². The third-order valence-electron chi connectivity index (χ3n) is 3.25. The number of pyridine rings is 1. The minimum absolute atomic E-state index is 0.000170. The molecule has 1 aliphatic heterocycles. The molecule has 0 spiro atoms. The number of ether oxygens (including phenoxy) is 1. The van der Waals surface area contributed by atoms with Gasteiger partial charge in [-0.1, -0.05) is 6.07 Å². The normalized spacial score (nSPS) is 19.4.